The molecule has 3 fully saturated rings. The van der Waals surface area contributed by atoms with Crippen LogP contribution in [0.2, 0.25) is 0 Å². The van der Waals surface area contributed by atoms with Gasteiger partial charge in [-0.2, -0.15) is 0 Å². The van der Waals surface area contributed by atoms with Gasteiger partial charge in [0, 0.05) is 69.3 Å². The lowest BCUT2D eigenvalue weighted by Crippen LogP contribution is -2.56. The molecule has 1 aliphatic carbocycles. The number of anilines is 1. The molecule has 2 aliphatic heterocycles. The van der Waals surface area contributed by atoms with Crippen molar-refractivity contribution in [3.63, 3.8) is 0 Å². The number of aliphatic hydroxyl groups excluding tert-OH is 1. The van der Waals surface area contributed by atoms with Crippen LogP contribution in [-0.4, -0.2) is 71.6 Å². The lowest BCUT2D eigenvalue weighted by atomic mass is 9.90. The minimum absolute atomic E-state index is 0.0223. The number of hydrogen-bond acceptors (Lipinski definition) is 4. The molecular weight excluding hydrogens is 490 g/mol. The van der Waals surface area contributed by atoms with E-state index in [-0.39, 0.29) is 23.7 Å². The lowest BCUT2D eigenvalue weighted by molar-refractivity contribution is -0.138. The molecule has 0 radical (unpaired) electrons. The Morgan fingerprint density at radius 3 is 2.41 bits per heavy atom. The van der Waals surface area contributed by atoms with Crippen LogP contribution < -0.4 is 4.90 Å². The van der Waals surface area contributed by atoms with E-state index in [4.69, 9.17) is 0 Å². The topological polar surface area (TPSA) is 64.1 Å². The molecule has 2 amide bonds. The smallest absolute Gasteiger partial charge is 0.273 e. The molecule has 37 heavy (non-hydrogen) atoms. The Bertz CT molecular complexity index is 1020. The third kappa shape index (κ3) is 5.59. The fraction of sp³-hybridized carbons (Fsp3) is 0.704. The highest BCUT2D eigenvalue weighted by Gasteiger charge is 2.51. The van der Waals surface area contributed by atoms with Crippen LogP contribution in [0.3, 0.4) is 0 Å². The molecular formula is C27H37F4N3O3. The average Bonchev–Trinajstić information content (AvgIpc) is 3.63. The van der Waals surface area contributed by atoms with Crippen molar-refractivity contribution in [3.05, 3.63) is 29.3 Å². The predicted molar refractivity (Wildman–Crippen MR) is 132 cm³/mol. The Labute approximate surface area is 215 Å². The van der Waals surface area contributed by atoms with Gasteiger partial charge in [0.15, 0.2) is 0 Å². The molecule has 2 saturated heterocycles. The number of benzene rings is 1. The zero-order valence-electron chi connectivity index (χ0n) is 21.8. The number of carbonyl (C=O) groups is 2. The summed E-state index contributed by atoms with van der Waals surface area (Å²) in [5.41, 5.74) is -1.08. The van der Waals surface area contributed by atoms with Gasteiger partial charge in [0.2, 0.25) is 11.8 Å². The van der Waals surface area contributed by atoms with Gasteiger partial charge in [-0.25, -0.2) is 17.6 Å². The van der Waals surface area contributed by atoms with Crippen LogP contribution in [0.4, 0.5) is 23.2 Å². The summed E-state index contributed by atoms with van der Waals surface area (Å²) in [5.74, 6) is -7.06. The number of halogens is 4. The molecule has 0 unspecified atom stereocenters. The summed E-state index contributed by atoms with van der Waals surface area (Å²) >= 11 is 0. The summed E-state index contributed by atoms with van der Waals surface area (Å²) in [7, 11) is 0. The minimum atomic E-state index is -3.42. The van der Waals surface area contributed by atoms with E-state index in [1.807, 2.05) is 0 Å². The maximum absolute atomic E-state index is 14.6. The summed E-state index contributed by atoms with van der Waals surface area (Å²) < 4.78 is 57.3. The van der Waals surface area contributed by atoms with E-state index < -0.39 is 41.5 Å². The molecule has 206 valence electrons. The van der Waals surface area contributed by atoms with Crippen molar-refractivity contribution >= 4 is 17.5 Å². The molecule has 3 aliphatic rings. The van der Waals surface area contributed by atoms with Crippen molar-refractivity contribution in [2.45, 2.75) is 83.3 Å². The summed E-state index contributed by atoms with van der Waals surface area (Å²) in [4.78, 5) is 30.7. The molecule has 0 aromatic heterocycles. The van der Waals surface area contributed by atoms with Crippen molar-refractivity contribution < 1.29 is 32.3 Å². The van der Waals surface area contributed by atoms with Gasteiger partial charge >= 0.3 is 0 Å². The van der Waals surface area contributed by atoms with E-state index in [1.165, 1.54) is 13.0 Å². The van der Waals surface area contributed by atoms with Crippen molar-refractivity contribution in [1.29, 1.82) is 0 Å². The zero-order chi connectivity index (χ0) is 27.2. The highest BCUT2D eigenvalue weighted by Crippen LogP contribution is 2.53. The van der Waals surface area contributed by atoms with Crippen molar-refractivity contribution in [2.75, 3.05) is 37.6 Å². The number of piperazine rings is 1. The first-order valence-corrected chi connectivity index (χ1v) is 13.2. The largest absolute Gasteiger partial charge is 0.391 e. The SMILES string of the molecule is CCC(F)(F)c1cc(N2CCN(CCCC(=O)N3CCC4(CC4)[C@H](O)C3)C(=O)[C@@H]2C)ccc1C(C)(F)F. The van der Waals surface area contributed by atoms with Gasteiger partial charge in [-0.1, -0.05) is 13.0 Å². The lowest BCUT2D eigenvalue weighted by Gasteiger charge is -2.41. The van der Waals surface area contributed by atoms with Crippen LogP contribution in [0.15, 0.2) is 18.2 Å². The maximum atomic E-state index is 14.6. The molecule has 1 aromatic rings. The van der Waals surface area contributed by atoms with E-state index in [2.05, 4.69) is 0 Å². The minimum Gasteiger partial charge on any atom is -0.391 e. The number of hydrogen-bond donors (Lipinski definition) is 1. The van der Waals surface area contributed by atoms with Crippen molar-refractivity contribution in [1.82, 2.24) is 9.80 Å². The Hall–Kier alpha value is -2.36. The Morgan fingerprint density at radius 1 is 1.11 bits per heavy atom. The number of carbonyl (C=O) groups excluding carboxylic acids is 2. The third-order valence-corrected chi connectivity index (χ3v) is 8.44. The van der Waals surface area contributed by atoms with Gasteiger partial charge < -0.3 is 19.8 Å². The number of likely N-dealkylation sites (tertiary alicyclic amines) is 1. The zero-order valence-corrected chi connectivity index (χ0v) is 21.8. The van der Waals surface area contributed by atoms with Crippen molar-refractivity contribution in [2.24, 2.45) is 5.41 Å². The van der Waals surface area contributed by atoms with Crippen LogP contribution in [-0.2, 0) is 21.4 Å². The fourth-order valence-electron chi connectivity index (χ4n) is 5.66. The van der Waals surface area contributed by atoms with E-state index in [0.29, 0.717) is 51.8 Å². The number of alkyl halides is 4. The number of amides is 2. The van der Waals surface area contributed by atoms with Crippen molar-refractivity contribution in [3.8, 4) is 0 Å². The summed E-state index contributed by atoms with van der Waals surface area (Å²) in [6.07, 6.45) is 2.58. The Balaban J connectivity index is 1.35. The summed E-state index contributed by atoms with van der Waals surface area (Å²) in [5, 5.41) is 10.3. The Kier molecular flexibility index (Phi) is 7.53. The maximum Gasteiger partial charge on any atom is 0.273 e. The van der Waals surface area contributed by atoms with Gasteiger partial charge in [-0.05, 0) is 50.2 Å². The van der Waals surface area contributed by atoms with Gasteiger partial charge in [-0.15, -0.1) is 0 Å². The molecule has 2 heterocycles. The molecule has 1 aromatic carbocycles. The molecule has 1 spiro atoms. The number of nitrogens with zero attached hydrogens (tertiary/aromatic N) is 3. The third-order valence-electron chi connectivity index (χ3n) is 8.44. The van der Waals surface area contributed by atoms with E-state index in [1.54, 1.807) is 21.6 Å². The van der Waals surface area contributed by atoms with Gasteiger partial charge in [0.05, 0.1) is 6.10 Å². The van der Waals surface area contributed by atoms with Gasteiger partial charge in [-0.3, -0.25) is 9.59 Å². The second-order valence-corrected chi connectivity index (χ2v) is 10.9. The quantitative estimate of drug-likeness (QED) is 0.506. The molecule has 6 nitrogen and oxygen atoms in total. The average molecular weight is 528 g/mol. The highest BCUT2D eigenvalue weighted by atomic mass is 19.3. The van der Waals surface area contributed by atoms with E-state index >= 15 is 0 Å². The van der Waals surface area contributed by atoms with E-state index in [0.717, 1.165) is 31.4 Å². The van der Waals surface area contributed by atoms with Crippen LogP contribution in [0.5, 0.6) is 0 Å². The number of aliphatic hydroxyl groups is 1. The summed E-state index contributed by atoms with van der Waals surface area (Å²) in [6, 6.07) is 2.84. The van der Waals surface area contributed by atoms with Crippen LogP contribution in [0, 0.1) is 5.41 Å². The first-order valence-electron chi connectivity index (χ1n) is 13.2. The molecule has 10 heteroatoms. The second kappa shape index (κ2) is 10.1. The molecule has 0 bridgehead atoms. The number of rotatable bonds is 8. The van der Waals surface area contributed by atoms with E-state index in [9.17, 15) is 32.3 Å². The molecule has 4 rings (SSSR count). The van der Waals surface area contributed by atoms with Crippen LogP contribution in [0.1, 0.15) is 70.4 Å². The van der Waals surface area contributed by atoms with Crippen LogP contribution >= 0.6 is 0 Å². The second-order valence-electron chi connectivity index (χ2n) is 10.9. The number of piperidine rings is 1. The molecule has 1 saturated carbocycles. The monoisotopic (exact) mass is 527 g/mol. The molecule has 2 atom stereocenters. The standard InChI is InChI=1S/C27H37F4N3O3/c1-4-27(30,31)21-16-19(7-8-20(21)25(3,28)29)34-15-14-32(24(37)18(34)2)12-5-6-23(36)33-13-11-26(9-10-26)22(35)17-33/h7-8,16,18,22,35H,4-6,9-15,17H2,1-3H3/t18-,22+/m0/s1. The first-order chi connectivity index (χ1) is 17.3. The first kappa shape index (κ1) is 27.7. The van der Waals surface area contributed by atoms with Crippen LogP contribution in [0.25, 0.3) is 0 Å². The number of β-amino-alcohol motifs (C(OH)–C–C–N with tert-alkyl or cyclic N) is 1. The fourth-order valence-corrected chi connectivity index (χ4v) is 5.66. The molecule has 1 N–H and O–H groups in total. The predicted octanol–water partition coefficient (Wildman–Crippen LogP) is 4.49. The van der Waals surface area contributed by atoms with Gasteiger partial charge in [0.25, 0.3) is 11.8 Å². The summed E-state index contributed by atoms with van der Waals surface area (Å²) in [6.45, 7) is 5.64. The highest BCUT2D eigenvalue weighted by molar-refractivity contribution is 5.86. The Morgan fingerprint density at radius 2 is 1.81 bits per heavy atom. The van der Waals surface area contributed by atoms with Gasteiger partial charge in [0.1, 0.15) is 6.04 Å². The normalized spacial score (nSPS) is 24.1.